The lowest BCUT2D eigenvalue weighted by Crippen LogP contribution is -2.05. The van der Waals surface area contributed by atoms with E-state index in [0.717, 1.165) is 0 Å². The summed E-state index contributed by atoms with van der Waals surface area (Å²) in [5, 5.41) is 9.25. The molecule has 0 aliphatic carbocycles. The van der Waals surface area contributed by atoms with Gasteiger partial charge in [0.25, 0.3) is 0 Å². The number of allylic oxidation sites excluding steroid dienone is 1. The third-order valence-corrected chi connectivity index (χ3v) is 3.89. The highest BCUT2D eigenvalue weighted by molar-refractivity contribution is 6.02. The number of benzene rings is 2. The number of nitrogens with one attached hydrogen (secondary N) is 1. The topological polar surface area (TPSA) is 66.0 Å². The predicted octanol–water partition coefficient (Wildman–Crippen LogP) is 4.83. The van der Waals surface area contributed by atoms with Crippen molar-refractivity contribution in [2.24, 2.45) is 0 Å². The number of fused-ring (bicyclic) bond motifs is 1. The molecular weight excluding hydrogens is 352 g/mol. The number of halogens is 4. The van der Waals surface area contributed by atoms with Crippen molar-refractivity contribution in [3.63, 3.8) is 0 Å². The van der Waals surface area contributed by atoms with Crippen LogP contribution in [0.25, 0.3) is 28.0 Å². The molecule has 0 saturated carbocycles. The Kier molecular flexibility index (Phi) is 4.06. The number of aromatic nitrogens is 2. The lowest BCUT2D eigenvalue weighted by molar-refractivity contribution is 0.0698. The van der Waals surface area contributed by atoms with Crippen LogP contribution in [0.15, 0.2) is 18.7 Å². The van der Waals surface area contributed by atoms with Crippen molar-refractivity contribution in [2.45, 2.75) is 13.8 Å². The maximum absolute atomic E-state index is 14.4. The summed E-state index contributed by atoms with van der Waals surface area (Å²) in [5.41, 5.74) is -1.68. The Hall–Kier alpha value is -3.16. The molecule has 0 bridgehead atoms. The minimum absolute atomic E-state index is 0.0818. The number of hydrogen-bond donors (Lipinski definition) is 2. The van der Waals surface area contributed by atoms with E-state index in [1.165, 1.54) is 19.1 Å². The Morgan fingerprint density at radius 2 is 1.69 bits per heavy atom. The van der Waals surface area contributed by atoms with Gasteiger partial charge in [0.2, 0.25) is 0 Å². The largest absolute Gasteiger partial charge is 0.478 e. The molecule has 0 aliphatic heterocycles. The van der Waals surface area contributed by atoms with Crippen LogP contribution in [0.1, 0.15) is 28.4 Å². The van der Waals surface area contributed by atoms with E-state index in [2.05, 4.69) is 16.5 Å². The molecule has 3 rings (SSSR count). The predicted molar refractivity (Wildman–Crippen MR) is 87.8 cm³/mol. The molecule has 0 amide bonds. The van der Waals surface area contributed by atoms with Crippen molar-refractivity contribution in [3.8, 4) is 11.4 Å². The monoisotopic (exact) mass is 364 g/mol. The van der Waals surface area contributed by atoms with Crippen LogP contribution in [0.4, 0.5) is 17.6 Å². The Bertz CT molecular complexity index is 1070. The molecule has 8 heteroatoms. The van der Waals surface area contributed by atoms with E-state index >= 15 is 0 Å². The molecule has 1 heterocycles. The van der Waals surface area contributed by atoms with Crippen molar-refractivity contribution in [3.05, 3.63) is 58.7 Å². The van der Waals surface area contributed by atoms with Gasteiger partial charge in [-0.15, -0.1) is 0 Å². The highest BCUT2D eigenvalue weighted by Gasteiger charge is 2.28. The minimum Gasteiger partial charge on any atom is -0.478 e. The average Bonchev–Trinajstić information content (AvgIpc) is 2.95. The number of carboxylic acid groups (broad SMARTS) is 1. The van der Waals surface area contributed by atoms with E-state index < -0.39 is 46.2 Å². The molecular formula is C18H12F4N2O2. The number of imidazole rings is 1. The first-order valence-corrected chi connectivity index (χ1v) is 7.39. The molecule has 0 unspecified atom stereocenters. The smallest absolute Gasteiger partial charge is 0.337 e. The van der Waals surface area contributed by atoms with Crippen LogP contribution >= 0.6 is 0 Å². The molecule has 26 heavy (non-hydrogen) atoms. The van der Waals surface area contributed by atoms with Crippen molar-refractivity contribution >= 4 is 22.6 Å². The first-order valence-electron chi connectivity index (χ1n) is 7.39. The van der Waals surface area contributed by atoms with Crippen molar-refractivity contribution in [2.75, 3.05) is 0 Å². The number of nitrogens with zero attached hydrogens (tertiary/aromatic N) is 1. The van der Waals surface area contributed by atoms with Crippen LogP contribution in [-0.2, 0) is 0 Å². The number of rotatable bonds is 3. The first-order chi connectivity index (χ1) is 12.1. The zero-order valence-corrected chi connectivity index (χ0v) is 13.7. The molecule has 0 atom stereocenters. The summed E-state index contributed by atoms with van der Waals surface area (Å²) in [6.45, 7) is 6.14. The average molecular weight is 364 g/mol. The first kappa shape index (κ1) is 17.7. The third kappa shape index (κ3) is 2.54. The van der Waals surface area contributed by atoms with Crippen LogP contribution in [0.2, 0.25) is 0 Å². The van der Waals surface area contributed by atoms with E-state index in [4.69, 9.17) is 0 Å². The van der Waals surface area contributed by atoms with Gasteiger partial charge < -0.3 is 10.1 Å². The Balaban J connectivity index is 2.36. The number of carboxylic acids is 1. The summed E-state index contributed by atoms with van der Waals surface area (Å²) in [6.07, 6.45) is 0. The van der Waals surface area contributed by atoms with Gasteiger partial charge in [-0.25, -0.2) is 27.3 Å². The Labute approximate surface area is 144 Å². The van der Waals surface area contributed by atoms with Crippen LogP contribution in [-0.4, -0.2) is 21.0 Å². The lowest BCUT2D eigenvalue weighted by atomic mass is 10.0. The second-order valence-electron chi connectivity index (χ2n) is 5.89. The fraction of sp³-hybridized carbons (Fsp3) is 0.111. The van der Waals surface area contributed by atoms with E-state index in [1.807, 2.05) is 0 Å². The third-order valence-electron chi connectivity index (χ3n) is 3.89. The van der Waals surface area contributed by atoms with E-state index in [-0.39, 0.29) is 22.2 Å². The zero-order valence-electron chi connectivity index (χ0n) is 13.7. The minimum atomic E-state index is -1.64. The van der Waals surface area contributed by atoms with Crippen molar-refractivity contribution in [1.29, 1.82) is 0 Å². The maximum atomic E-state index is 14.4. The highest BCUT2D eigenvalue weighted by Crippen LogP contribution is 2.34. The molecule has 0 spiro atoms. The Morgan fingerprint density at radius 1 is 1.12 bits per heavy atom. The van der Waals surface area contributed by atoms with Gasteiger partial charge in [0, 0.05) is 0 Å². The van der Waals surface area contributed by atoms with Crippen LogP contribution < -0.4 is 0 Å². The molecule has 134 valence electrons. The fourth-order valence-electron chi connectivity index (χ4n) is 2.76. The second-order valence-corrected chi connectivity index (χ2v) is 5.89. The normalized spacial score (nSPS) is 11.2. The number of carbonyl (C=O) groups is 1. The summed E-state index contributed by atoms with van der Waals surface area (Å²) < 4.78 is 57.2. The summed E-state index contributed by atoms with van der Waals surface area (Å²) in [6, 6.07) is 2.83. The van der Waals surface area contributed by atoms with Gasteiger partial charge in [-0.05, 0) is 37.1 Å². The number of hydrogen-bond acceptors (Lipinski definition) is 2. The van der Waals surface area contributed by atoms with Gasteiger partial charge in [0.15, 0.2) is 23.3 Å². The van der Waals surface area contributed by atoms with Gasteiger partial charge in [0.1, 0.15) is 11.3 Å². The SMILES string of the molecule is C=C(C)c1c(F)c(F)c(-c2nc3c(C(=O)O)cc(C)cc3[nH]2)c(F)c1F. The van der Waals surface area contributed by atoms with Crippen LogP contribution in [0.5, 0.6) is 0 Å². The number of aryl methyl sites for hydroxylation is 1. The van der Waals surface area contributed by atoms with E-state index in [9.17, 15) is 27.5 Å². The molecule has 2 N–H and O–H groups in total. The van der Waals surface area contributed by atoms with Gasteiger partial charge in [-0.3, -0.25) is 0 Å². The van der Waals surface area contributed by atoms with E-state index in [0.29, 0.717) is 5.56 Å². The second kappa shape index (κ2) is 5.98. The van der Waals surface area contributed by atoms with Crippen LogP contribution in [0.3, 0.4) is 0 Å². The standard InChI is InChI=1S/C18H12F4N2O2/c1-6(2)10-12(19)14(21)11(15(22)13(10)20)17-23-9-5-7(3)4-8(18(25)26)16(9)24-17/h4-5H,1H2,2-3H3,(H,23,24)(H,25,26). The zero-order chi connectivity index (χ0) is 19.3. The molecule has 1 aromatic heterocycles. The molecule has 4 nitrogen and oxygen atoms in total. The molecule has 3 aromatic rings. The van der Waals surface area contributed by atoms with Crippen LogP contribution in [0, 0.1) is 30.2 Å². The number of H-pyrrole nitrogens is 1. The molecule has 0 saturated heterocycles. The molecule has 2 aromatic carbocycles. The maximum Gasteiger partial charge on any atom is 0.337 e. The summed E-state index contributed by atoms with van der Waals surface area (Å²) >= 11 is 0. The Morgan fingerprint density at radius 3 is 2.19 bits per heavy atom. The van der Waals surface area contributed by atoms with Gasteiger partial charge in [-0.1, -0.05) is 6.58 Å². The van der Waals surface area contributed by atoms with E-state index in [1.54, 1.807) is 6.92 Å². The summed E-state index contributed by atoms with van der Waals surface area (Å²) in [4.78, 5) is 17.7. The molecule has 0 fully saturated rings. The van der Waals surface area contributed by atoms with Gasteiger partial charge in [-0.2, -0.15) is 0 Å². The quantitative estimate of drug-likeness (QED) is 0.517. The summed E-state index contributed by atoms with van der Waals surface area (Å²) in [5.74, 6) is -8.30. The fourth-order valence-corrected chi connectivity index (χ4v) is 2.76. The number of aromatic amines is 1. The highest BCUT2D eigenvalue weighted by atomic mass is 19.2. The van der Waals surface area contributed by atoms with Crippen molar-refractivity contribution in [1.82, 2.24) is 9.97 Å². The molecule has 0 radical (unpaired) electrons. The molecule has 0 aliphatic rings. The van der Waals surface area contributed by atoms with Gasteiger partial charge in [0.05, 0.1) is 22.2 Å². The van der Waals surface area contributed by atoms with Crippen molar-refractivity contribution < 1.29 is 27.5 Å². The lowest BCUT2D eigenvalue weighted by Gasteiger charge is -2.10. The number of aromatic carboxylic acids is 1. The van der Waals surface area contributed by atoms with Gasteiger partial charge >= 0.3 is 5.97 Å². The summed E-state index contributed by atoms with van der Waals surface area (Å²) in [7, 11) is 0.